The van der Waals surface area contributed by atoms with E-state index < -0.39 is 0 Å². The van der Waals surface area contributed by atoms with E-state index in [1.165, 1.54) is 37.1 Å². The fourth-order valence-corrected chi connectivity index (χ4v) is 3.63. The van der Waals surface area contributed by atoms with Crippen LogP contribution in [-0.2, 0) is 13.0 Å². The van der Waals surface area contributed by atoms with Gasteiger partial charge < -0.3 is 10.4 Å². The molecule has 2 N–H and O–H groups in total. The molecule has 0 aromatic heterocycles. The topological polar surface area (TPSA) is 35.5 Å². The average Bonchev–Trinajstić information content (AvgIpc) is 2.64. The molecule has 1 atom stereocenters. The number of nitrogens with zero attached hydrogens (tertiary/aromatic N) is 1. The fourth-order valence-electron chi connectivity index (χ4n) is 3.63. The highest BCUT2D eigenvalue weighted by Gasteiger charge is 2.20. The Bertz CT molecular complexity index is 618. The molecule has 1 aliphatic heterocycles. The highest BCUT2D eigenvalue weighted by atomic mass is 16.3. The first kappa shape index (κ1) is 18.0. The van der Waals surface area contributed by atoms with Crippen LogP contribution < -0.4 is 5.32 Å². The van der Waals surface area contributed by atoms with Crippen LogP contribution in [0, 0.1) is 0 Å². The van der Waals surface area contributed by atoms with Gasteiger partial charge in [-0.1, -0.05) is 42.5 Å². The second-order valence-corrected chi connectivity index (χ2v) is 7.31. The lowest BCUT2D eigenvalue weighted by Crippen LogP contribution is -2.45. The second kappa shape index (κ2) is 9.02. The predicted molar refractivity (Wildman–Crippen MR) is 104 cm³/mol. The van der Waals surface area contributed by atoms with E-state index in [0.29, 0.717) is 17.8 Å². The van der Waals surface area contributed by atoms with Gasteiger partial charge in [0.2, 0.25) is 0 Å². The SMILES string of the molecule is CC(CCc1ccc(O)cc1)NC1CCN(Cc2ccccc2)CC1. The Balaban J connectivity index is 1.36. The molecule has 1 aliphatic rings. The lowest BCUT2D eigenvalue weighted by atomic mass is 10.0. The van der Waals surface area contributed by atoms with Crippen LogP contribution in [0.4, 0.5) is 0 Å². The molecular formula is C22H30N2O. The number of benzene rings is 2. The van der Waals surface area contributed by atoms with Gasteiger partial charge in [-0.3, -0.25) is 4.90 Å². The predicted octanol–water partition coefficient (Wildman–Crippen LogP) is 3.97. The number of piperidine rings is 1. The van der Waals surface area contributed by atoms with E-state index in [9.17, 15) is 5.11 Å². The number of aryl methyl sites for hydroxylation is 1. The maximum Gasteiger partial charge on any atom is 0.115 e. The molecule has 0 radical (unpaired) electrons. The van der Waals surface area contributed by atoms with Gasteiger partial charge in [0.15, 0.2) is 0 Å². The zero-order chi connectivity index (χ0) is 17.5. The Kier molecular flexibility index (Phi) is 6.48. The van der Waals surface area contributed by atoms with E-state index in [4.69, 9.17) is 0 Å². The smallest absolute Gasteiger partial charge is 0.115 e. The van der Waals surface area contributed by atoms with Crippen molar-refractivity contribution < 1.29 is 5.11 Å². The van der Waals surface area contributed by atoms with E-state index >= 15 is 0 Å². The van der Waals surface area contributed by atoms with Crippen LogP contribution in [0.3, 0.4) is 0 Å². The monoisotopic (exact) mass is 338 g/mol. The molecule has 2 aromatic carbocycles. The minimum atomic E-state index is 0.345. The summed E-state index contributed by atoms with van der Waals surface area (Å²) in [4.78, 5) is 2.56. The summed E-state index contributed by atoms with van der Waals surface area (Å²) in [5, 5.41) is 13.2. The van der Waals surface area contributed by atoms with E-state index in [1.54, 1.807) is 12.1 Å². The number of phenols is 1. The summed E-state index contributed by atoms with van der Waals surface area (Å²) in [5.41, 5.74) is 2.71. The zero-order valence-electron chi connectivity index (χ0n) is 15.2. The van der Waals surface area contributed by atoms with Crippen molar-refractivity contribution in [2.45, 2.75) is 51.2 Å². The molecule has 134 valence electrons. The Hall–Kier alpha value is -1.84. The van der Waals surface area contributed by atoms with E-state index in [0.717, 1.165) is 19.4 Å². The Morgan fingerprint density at radius 3 is 2.36 bits per heavy atom. The molecule has 3 rings (SSSR count). The number of rotatable bonds is 7. The summed E-state index contributed by atoms with van der Waals surface area (Å²) in [5.74, 6) is 0.345. The Labute approximate surface area is 151 Å². The zero-order valence-corrected chi connectivity index (χ0v) is 15.2. The highest BCUT2D eigenvalue weighted by molar-refractivity contribution is 5.25. The third kappa shape index (κ3) is 5.87. The largest absolute Gasteiger partial charge is 0.508 e. The van der Waals surface area contributed by atoms with Crippen LogP contribution >= 0.6 is 0 Å². The first-order valence-electron chi connectivity index (χ1n) is 9.49. The summed E-state index contributed by atoms with van der Waals surface area (Å²) in [6.07, 6.45) is 4.66. The van der Waals surface area contributed by atoms with Crippen molar-refractivity contribution >= 4 is 0 Å². The molecule has 0 aliphatic carbocycles. The number of phenolic OH excluding ortho intramolecular Hbond substituents is 1. The molecule has 0 spiro atoms. The number of hydrogen-bond donors (Lipinski definition) is 2. The maximum atomic E-state index is 9.35. The van der Waals surface area contributed by atoms with Gasteiger partial charge in [0.1, 0.15) is 5.75 Å². The third-order valence-corrected chi connectivity index (χ3v) is 5.16. The van der Waals surface area contributed by atoms with Crippen molar-refractivity contribution in [3.8, 4) is 5.75 Å². The normalized spacial score (nSPS) is 17.5. The van der Waals surface area contributed by atoms with Crippen molar-refractivity contribution in [2.75, 3.05) is 13.1 Å². The third-order valence-electron chi connectivity index (χ3n) is 5.16. The first-order valence-corrected chi connectivity index (χ1v) is 9.49. The molecule has 1 saturated heterocycles. The molecular weight excluding hydrogens is 308 g/mol. The van der Waals surface area contributed by atoms with Crippen LogP contribution in [0.1, 0.15) is 37.3 Å². The molecule has 0 saturated carbocycles. The van der Waals surface area contributed by atoms with Gasteiger partial charge in [-0.15, -0.1) is 0 Å². The maximum absolute atomic E-state index is 9.35. The van der Waals surface area contributed by atoms with Gasteiger partial charge in [0.25, 0.3) is 0 Å². The van der Waals surface area contributed by atoms with Crippen molar-refractivity contribution in [1.29, 1.82) is 0 Å². The Morgan fingerprint density at radius 2 is 1.68 bits per heavy atom. The van der Waals surface area contributed by atoms with Gasteiger partial charge in [0.05, 0.1) is 0 Å². The number of likely N-dealkylation sites (tertiary alicyclic amines) is 1. The van der Waals surface area contributed by atoms with Gasteiger partial charge in [-0.2, -0.15) is 0 Å². The summed E-state index contributed by atoms with van der Waals surface area (Å²) in [6, 6.07) is 19.5. The summed E-state index contributed by atoms with van der Waals surface area (Å²) >= 11 is 0. The van der Waals surface area contributed by atoms with Crippen molar-refractivity contribution in [3.63, 3.8) is 0 Å². The number of nitrogens with one attached hydrogen (secondary N) is 1. The van der Waals surface area contributed by atoms with Crippen LogP contribution in [-0.4, -0.2) is 35.2 Å². The average molecular weight is 338 g/mol. The Morgan fingerprint density at radius 1 is 1.00 bits per heavy atom. The van der Waals surface area contributed by atoms with Crippen LogP contribution in [0.15, 0.2) is 54.6 Å². The van der Waals surface area contributed by atoms with Gasteiger partial charge in [-0.05, 0) is 69.0 Å². The van der Waals surface area contributed by atoms with Crippen LogP contribution in [0.2, 0.25) is 0 Å². The first-order chi connectivity index (χ1) is 12.2. The van der Waals surface area contributed by atoms with Crippen molar-refractivity contribution in [2.24, 2.45) is 0 Å². The number of hydrogen-bond acceptors (Lipinski definition) is 3. The quantitative estimate of drug-likeness (QED) is 0.802. The molecule has 3 heteroatoms. The standard InChI is InChI=1S/C22H30N2O/c1-18(7-8-19-9-11-22(25)12-10-19)23-21-13-15-24(16-14-21)17-20-5-3-2-4-6-20/h2-6,9-12,18,21,23,25H,7-8,13-17H2,1H3. The molecule has 0 bridgehead atoms. The molecule has 2 aromatic rings. The lowest BCUT2D eigenvalue weighted by molar-refractivity contribution is 0.184. The van der Waals surface area contributed by atoms with Crippen LogP contribution in [0.25, 0.3) is 0 Å². The summed E-state index contributed by atoms with van der Waals surface area (Å²) in [7, 11) is 0. The lowest BCUT2D eigenvalue weighted by Gasteiger charge is -2.34. The summed E-state index contributed by atoms with van der Waals surface area (Å²) < 4.78 is 0. The van der Waals surface area contributed by atoms with E-state index in [2.05, 4.69) is 47.5 Å². The molecule has 1 heterocycles. The van der Waals surface area contributed by atoms with Gasteiger partial charge in [0, 0.05) is 18.6 Å². The second-order valence-electron chi connectivity index (χ2n) is 7.31. The molecule has 1 fully saturated rings. The van der Waals surface area contributed by atoms with Crippen molar-refractivity contribution in [1.82, 2.24) is 10.2 Å². The minimum Gasteiger partial charge on any atom is -0.508 e. The van der Waals surface area contributed by atoms with E-state index in [-0.39, 0.29) is 0 Å². The molecule has 1 unspecified atom stereocenters. The van der Waals surface area contributed by atoms with E-state index in [1.807, 2.05) is 12.1 Å². The van der Waals surface area contributed by atoms with Crippen LogP contribution in [0.5, 0.6) is 5.75 Å². The molecule has 25 heavy (non-hydrogen) atoms. The van der Waals surface area contributed by atoms with Gasteiger partial charge in [-0.25, -0.2) is 0 Å². The fraction of sp³-hybridized carbons (Fsp3) is 0.455. The molecule has 0 amide bonds. The van der Waals surface area contributed by atoms with Gasteiger partial charge >= 0.3 is 0 Å². The van der Waals surface area contributed by atoms with Crippen molar-refractivity contribution in [3.05, 3.63) is 65.7 Å². The highest BCUT2D eigenvalue weighted by Crippen LogP contribution is 2.16. The molecule has 3 nitrogen and oxygen atoms in total. The minimum absolute atomic E-state index is 0.345. The summed E-state index contributed by atoms with van der Waals surface area (Å²) in [6.45, 7) is 5.72. The number of aromatic hydroxyl groups is 1.